The van der Waals surface area contributed by atoms with Gasteiger partial charge in [-0.05, 0) is 37.3 Å². The minimum absolute atomic E-state index is 0.0610. The summed E-state index contributed by atoms with van der Waals surface area (Å²) in [4.78, 5) is 26.7. The first-order valence-electron chi connectivity index (χ1n) is 7.56. The molecule has 0 aliphatic heterocycles. The molecule has 0 fully saturated rings. The Morgan fingerprint density at radius 2 is 1.73 bits per heavy atom. The summed E-state index contributed by atoms with van der Waals surface area (Å²) in [6.07, 6.45) is 0. The lowest BCUT2D eigenvalue weighted by Crippen LogP contribution is -2.13. The predicted octanol–water partition coefficient (Wildman–Crippen LogP) is 3.26. The first-order valence-corrected chi connectivity index (χ1v) is 9.86. The molecule has 1 amide bonds. The number of hydrogen-bond donors (Lipinski definition) is 2. The molecule has 0 aliphatic rings. The quantitative estimate of drug-likeness (QED) is 0.652. The SMILES string of the molecule is CC(=O)Nc1nc2ccc(NS(=O)(=O)c3ccc(C(C)=O)cc3)cc2s1. The van der Waals surface area contributed by atoms with Crippen LogP contribution in [0.2, 0.25) is 0 Å². The zero-order valence-electron chi connectivity index (χ0n) is 13.9. The summed E-state index contributed by atoms with van der Waals surface area (Å²) >= 11 is 1.25. The second-order valence-electron chi connectivity index (χ2n) is 5.57. The van der Waals surface area contributed by atoms with Crippen molar-refractivity contribution >= 4 is 54.1 Å². The second kappa shape index (κ2) is 6.85. The number of Topliss-reactive ketones (excluding diaryl/α,β-unsaturated/α-hetero) is 1. The zero-order chi connectivity index (χ0) is 18.9. The number of hydrogen-bond acceptors (Lipinski definition) is 6. The van der Waals surface area contributed by atoms with Gasteiger partial charge in [-0.25, -0.2) is 13.4 Å². The Kier molecular flexibility index (Phi) is 4.75. The largest absolute Gasteiger partial charge is 0.302 e. The molecule has 0 bridgehead atoms. The number of ketones is 1. The van der Waals surface area contributed by atoms with Crippen molar-refractivity contribution in [2.75, 3.05) is 10.0 Å². The average molecular weight is 389 g/mol. The third kappa shape index (κ3) is 3.89. The van der Waals surface area contributed by atoms with Crippen LogP contribution >= 0.6 is 11.3 Å². The molecule has 0 spiro atoms. The van der Waals surface area contributed by atoms with Crippen molar-refractivity contribution in [1.29, 1.82) is 0 Å². The fraction of sp³-hybridized carbons (Fsp3) is 0.118. The lowest BCUT2D eigenvalue weighted by atomic mass is 10.2. The molecule has 9 heteroatoms. The van der Waals surface area contributed by atoms with Crippen molar-refractivity contribution in [3.63, 3.8) is 0 Å². The van der Waals surface area contributed by atoms with Gasteiger partial charge in [-0.1, -0.05) is 23.5 Å². The Morgan fingerprint density at radius 3 is 2.35 bits per heavy atom. The molecular formula is C17H15N3O4S2. The Morgan fingerprint density at radius 1 is 1.04 bits per heavy atom. The van der Waals surface area contributed by atoms with Gasteiger partial charge in [0.1, 0.15) is 0 Å². The summed E-state index contributed by atoms with van der Waals surface area (Å²) in [5.74, 6) is -0.355. The molecule has 0 unspecified atom stereocenters. The number of rotatable bonds is 5. The van der Waals surface area contributed by atoms with Gasteiger partial charge in [0.2, 0.25) is 5.91 Å². The van der Waals surface area contributed by atoms with Gasteiger partial charge in [0.05, 0.1) is 20.8 Å². The van der Waals surface area contributed by atoms with Crippen LogP contribution < -0.4 is 10.0 Å². The number of carbonyl (C=O) groups excluding carboxylic acids is 2. The maximum atomic E-state index is 12.5. The molecule has 1 aromatic heterocycles. The standard InChI is InChI=1S/C17H15N3O4S2/c1-10(21)12-3-6-14(7-4-12)26(23,24)20-13-5-8-15-16(9-13)25-17(19-15)18-11(2)22/h3-9,20H,1-2H3,(H,18,19,22). The number of anilines is 2. The van der Waals surface area contributed by atoms with E-state index < -0.39 is 10.0 Å². The van der Waals surface area contributed by atoms with Crippen molar-refractivity contribution in [1.82, 2.24) is 4.98 Å². The number of sulfonamides is 1. The van der Waals surface area contributed by atoms with Gasteiger partial charge in [0.15, 0.2) is 10.9 Å². The number of nitrogens with zero attached hydrogens (tertiary/aromatic N) is 1. The van der Waals surface area contributed by atoms with Crippen LogP contribution in [0, 0.1) is 0 Å². The first kappa shape index (κ1) is 18.0. The molecule has 0 saturated carbocycles. The number of thiazole rings is 1. The molecular weight excluding hydrogens is 374 g/mol. The number of amides is 1. The Hall–Kier alpha value is -2.78. The second-order valence-corrected chi connectivity index (χ2v) is 8.28. The van der Waals surface area contributed by atoms with E-state index >= 15 is 0 Å². The minimum Gasteiger partial charge on any atom is -0.302 e. The molecule has 7 nitrogen and oxygen atoms in total. The van der Waals surface area contributed by atoms with Crippen LogP contribution in [0.5, 0.6) is 0 Å². The molecule has 3 aromatic rings. The molecule has 2 aromatic carbocycles. The van der Waals surface area contributed by atoms with Crippen molar-refractivity contribution in [3.8, 4) is 0 Å². The third-order valence-corrected chi connectivity index (χ3v) is 5.83. The van der Waals surface area contributed by atoms with Gasteiger partial charge < -0.3 is 5.32 Å². The predicted molar refractivity (Wildman–Crippen MR) is 101 cm³/mol. The average Bonchev–Trinajstić information content (AvgIpc) is 2.95. The van der Waals surface area contributed by atoms with Gasteiger partial charge in [0.25, 0.3) is 10.0 Å². The lowest BCUT2D eigenvalue weighted by molar-refractivity contribution is -0.114. The van der Waals surface area contributed by atoms with Gasteiger partial charge in [0, 0.05) is 12.5 Å². The molecule has 0 atom stereocenters. The number of nitrogens with one attached hydrogen (secondary N) is 2. The highest BCUT2D eigenvalue weighted by molar-refractivity contribution is 7.92. The van der Waals surface area contributed by atoms with E-state index in [2.05, 4.69) is 15.0 Å². The summed E-state index contributed by atoms with van der Waals surface area (Å²) in [6.45, 7) is 2.81. The van der Waals surface area contributed by atoms with E-state index in [9.17, 15) is 18.0 Å². The fourth-order valence-corrected chi connectivity index (χ4v) is 4.28. The summed E-state index contributed by atoms with van der Waals surface area (Å²) in [5, 5.41) is 3.06. The Bertz CT molecular complexity index is 1100. The van der Waals surface area contributed by atoms with E-state index in [1.165, 1.54) is 49.4 Å². The van der Waals surface area contributed by atoms with Crippen LogP contribution in [0.25, 0.3) is 10.2 Å². The molecule has 26 heavy (non-hydrogen) atoms. The number of carbonyl (C=O) groups is 2. The van der Waals surface area contributed by atoms with Gasteiger partial charge in [-0.3, -0.25) is 14.3 Å². The van der Waals surface area contributed by atoms with Crippen molar-refractivity contribution < 1.29 is 18.0 Å². The highest BCUT2D eigenvalue weighted by Gasteiger charge is 2.15. The van der Waals surface area contributed by atoms with E-state index in [4.69, 9.17) is 0 Å². The number of aromatic nitrogens is 1. The topological polar surface area (TPSA) is 105 Å². The molecule has 0 saturated heterocycles. The van der Waals surface area contributed by atoms with Gasteiger partial charge >= 0.3 is 0 Å². The summed E-state index contributed by atoms with van der Waals surface area (Å²) in [5.41, 5.74) is 1.49. The van der Waals surface area contributed by atoms with E-state index in [1.807, 2.05) is 0 Å². The third-order valence-electron chi connectivity index (χ3n) is 3.49. The molecule has 0 aliphatic carbocycles. The highest BCUT2D eigenvalue weighted by Crippen LogP contribution is 2.29. The molecule has 2 N–H and O–H groups in total. The van der Waals surface area contributed by atoms with Crippen LogP contribution in [0.15, 0.2) is 47.4 Å². The van der Waals surface area contributed by atoms with Crippen LogP contribution in [-0.4, -0.2) is 25.1 Å². The van der Waals surface area contributed by atoms with Crippen molar-refractivity contribution in [2.45, 2.75) is 18.7 Å². The summed E-state index contributed by atoms with van der Waals surface area (Å²) in [6, 6.07) is 10.7. The highest BCUT2D eigenvalue weighted by atomic mass is 32.2. The smallest absolute Gasteiger partial charge is 0.261 e. The maximum Gasteiger partial charge on any atom is 0.261 e. The normalized spacial score (nSPS) is 11.3. The van der Waals surface area contributed by atoms with Crippen LogP contribution in [0.1, 0.15) is 24.2 Å². The Labute approximate surface area is 154 Å². The van der Waals surface area contributed by atoms with Gasteiger partial charge in [-0.2, -0.15) is 0 Å². The van der Waals surface area contributed by atoms with E-state index in [0.717, 1.165) is 4.70 Å². The summed E-state index contributed by atoms with van der Waals surface area (Å²) < 4.78 is 28.2. The molecule has 1 heterocycles. The van der Waals surface area contributed by atoms with Crippen LogP contribution in [0.4, 0.5) is 10.8 Å². The zero-order valence-corrected chi connectivity index (χ0v) is 15.6. The van der Waals surface area contributed by atoms with Gasteiger partial charge in [-0.15, -0.1) is 0 Å². The van der Waals surface area contributed by atoms with Crippen LogP contribution in [0.3, 0.4) is 0 Å². The number of benzene rings is 2. The number of fused-ring (bicyclic) bond motifs is 1. The Balaban J connectivity index is 1.86. The van der Waals surface area contributed by atoms with E-state index in [1.54, 1.807) is 18.2 Å². The van der Waals surface area contributed by atoms with E-state index in [-0.39, 0.29) is 16.6 Å². The lowest BCUT2D eigenvalue weighted by Gasteiger charge is -2.08. The monoisotopic (exact) mass is 389 g/mol. The van der Waals surface area contributed by atoms with Crippen LogP contribution in [-0.2, 0) is 14.8 Å². The van der Waals surface area contributed by atoms with E-state index in [0.29, 0.717) is 21.9 Å². The van der Waals surface area contributed by atoms with Crippen molar-refractivity contribution in [2.24, 2.45) is 0 Å². The fourth-order valence-electron chi connectivity index (χ4n) is 2.28. The summed E-state index contributed by atoms with van der Waals surface area (Å²) in [7, 11) is -3.78. The maximum absolute atomic E-state index is 12.5. The minimum atomic E-state index is -3.78. The molecule has 0 radical (unpaired) electrons. The van der Waals surface area contributed by atoms with Crippen molar-refractivity contribution in [3.05, 3.63) is 48.0 Å². The molecule has 134 valence electrons. The molecule has 3 rings (SSSR count). The first-order chi connectivity index (χ1) is 12.2.